The van der Waals surface area contributed by atoms with Crippen LogP contribution in [0.5, 0.6) is 0 Å². The predicted molar refractivity (Wildman–Crippen MR) is 81.8 cm³/mol. The van der Waals surface area contributed by atoms with Crippen LogP contribution < -0.4 is 5.73 Å². The van der Waals surface area contributed by atoms with E-state index in [1.54, 1.807) is 11.8 Å². The van der Waals surface area contributed by atoms with Gasteiger partial charge in [0.15, 0.2) is 0 Å². The van der Waals surface area contributed by atoms with E-state index in [9.17, 15) is 0 Å². The van der Waals surface area contributed by atoms with E-state index in [0.717, 1.165) is 26.6 Å². The van der Waals surface area contributed by atoms with E-state index in [2.05, 4.69) is 46.0 Å². The number of thioether (sulfide) groups is 1. The zero-order chi connectivity index (χ0) is 13.1. The number of aryl methyl sites for hydroxylation is 2. The third-order valence-corrected chi connectivity index (χ3v) is 4.49. The number of anilines is 1. The van der Waals surface area contributed by atoms with Crippen molar-refractivity contribution >= 4 is 33.4 Å². The van der Waals surface area contributed by atoms with Crippen LogP contribution in [-0.4, -0.2) is 4.98 Å². The van der Waals surface area contributed by atoms with Gasteiger partial charge in [0.2, 0.25) is 0 Å². The second-order valence-corrected chi connectivity index (χ2v) is 6.02. The highest BCUT2D eigenvalue weighted by Gasteiger charge is 2.05. The maximum absolute atomic E-state index is 5.87. The molecule has 0 saturated heterocycles. The van der Waals surface area contributed by atoms with Gasteiger partial charge in [0.25, 0.3) is 0 Å². The Morgan fingerprint density at radius 1 is 1.28 bits per heavy atom. The van der Waals surface area contributed by atoms with Gasteiger partial charge in [-0.15, -0.1) is 11.8 Å². The van der Waals surface area contributed by atoms with Crippen molar-refractivity contribution in [3.05, 3.63) is 51.6 Å². The van der Waals surface area contributed by atoms with Crippen molar-refractivity contribution in [2.45, 2.75) is 24.6 Å². The fraction of sp³-hybridized carbons (Fsp3) is 0.214. The fourth-order valence-electron chi connectivity index (χ4n) is 1.74. The molecule has 2 N–H and O–H groups in total. The second kappa shape index (κ2) is 5.76. The minimum Gasteiger partial charge on any atom is -0.398 e. The van der Waals surface area contributed by atoms with Crippen LogP contribution in [0.2, 0.25) is 0 Å². The van der Waals surface area contributed by atoms with Gasteiger partial charge in [-0.05, 0) is 59.1 Å². The number of aromatic nitrogens is 1. The first kappa shape index (κ1) is 13.4. The van der Waals surface area contributed by atoms with Crippen molar-refractivity contribution in [2.24, 2.45) is 0 Å². The molecule has 0 fully saturated rings. The van der Waals surface area contributed by atoms with E-state index in [-0.39, 0.29) is 0 Å². The molecule has 0 aliphatic heterocycles. The minimum atomic E-state index is 0.779. The number of nitrogens with zero attached hydrogens (tertiary/aromatic N) is 1. The molecule has 18 heavy (non-hydrogen) atoms. The number of hydrogen-bond acceptors (Lipinski definition) is 3. The molecular weight excluding hydrogens is 308 g/mol. The zero-order valence-electron chi connectivity index (χ0n) is 10.4. The first-order valence-electron chi connectivity index (χ1n) is 5.67. The summed E-state index contributed by atoms with van der Waals surface area (Å²) in [7, 11) is 0. The number of nitrogen functional groups attached to an aromatic ring is 1. The average molecular weight is 323 g/mol. The van der Waals surface area contributed by atoms with Crippen LogP contribution in [0, 0.1) is 13.8 Å². The summed E-state index contributed by atoms with van der Waals surface area (Å²) in [4.78, 5) is 4.52. The molecule has 0 bridgehead atoms. The molecule has 2 nitrogen and oxygen atoms in total. The first-order chi connectivity index (χ1) is 8.56. The Hall–Kier alpha value is -1.00. The highest BCUT2D eigenvalue weighted by molar-refractivity contribution is 9.10. The Balaban J connectivity index is 2.14. The molecular formula is C14H15BrN2S. The Kier molecular flexibility index (Phi) is 4.30. The van der Waals surface area contributed by atoms with Crippen LogP contribution in [0.1, 0.15) is 16.8 Å². The van der Waals surface area contributed by atoms with Crippen molar-refractivity contribution in [1.29, 1.82) is 0 Å². The average Bonchev–Trinajstić information content (AvgIpc) is 2.30. The molecule has 0 atom stereocenters. The van der Waals surface area contributed by atoms with Gasteiger partial charge in [-0.2, -0.15) is 0 Å². The molecule has 0 saturated carbocycles. The van der Waals surface area contributed by atoms with Gasteiger partial charge in [0.1, 0.15) is 0 Å². The lowest BCUT2D eigenvalue weighted by molar-refractivity contribution is 1.05. The maximum atomic E-state index is 5.87. The molecule has 1 aromatic carbocycles. The summed E-state index contributed by atoms with van der Waals surface area (Å²) in [5.74, 6) is 0.863. The van der Waals surface area contributed by atoms with Crippen molar-refractivity contribution in [3.63, 3.8) is 0 Å². The van der Waals surface area contributed by atoms with E-state index in [1.807, 2.05) is 19.1 Å². The topological polar surface area (TPSA) is 38.9 Å². The third kappa shape index (κ3) is 3.27. The van der Waals surface area contributed by atoms with Gasteiger partial charge in [-0.1, -0.05) is 12.1 Å². The van der Waals surface area contributed by atoms with Crippen LogP contribution in [0.25, 0.3) is 0 Å². The summed E-state index contributed by atoms with van der Waals surface area (Å²) in [6.07, 6.45) is 0. The van der Waals surface area contributed by atoms with Gasteiger partial charge in [-0.3, -0.25) is 0 Å². The van der Waals surface area contributed by atoms with Crippen LogP contribution in [0.3, 0.4) is 0 Å². The summed E-state index contributed by atoms with van der Waals surface area (Å²) in [6, 6.07) is 10.1. The molecule has 1 heterocycles. The number of rotatable bonds is 3. The normalized spacial score (nSPS) is 10.6. The molecule has 4 heteroatoms. The van der Waals surface area contributed by atoms with Crippen LogP contribution in [0.15, 0.2) is 39.8 Å². The molecule has 2 rings (SSSR count). The van der Waals surface area contributed by atoms with E-state index in [0.29, 0.717) is 0 Å². The summed E-state index contributed by atoms with van der Waals surface area (Å²) in [5, 5.41) is 1.06. The minimum absolute atomic E-state index is 0.779. The van der Waals surface area contributed by atoms with Gasteiger partial charge < -0.3 is 5.73 Å². The Labute approximate surface area is 120 Å². The molecule has 0 aliphatic rings. The standard InChI is InChI=1S/C14H15BrN2S/c1-9-6-10(2)17-13(7-9)18-8-11-4-3-5-12(16)14(11)15/h3-7H,8,16H2,1-2H3. The van der Waals surface area contributed by atoms with Crippen molar-refractivity contribution in [1.82, 2.24) is 4.98 Å². The summed E-state index contributed by atoms with van der Waals surface area (Å²) >= 11 is 5.25. The molecule has 0 radical (unpaired) electrons. The highest BCUT2D eigenvalue weighted by Crippen LogP contribution is 2.29. The van der Waals surface area contributed by atoms with Crippen LogP contribution in [-0.2, 0) is 5.75 Å². The lowest BCUT2D eigenvalue weighted by Gasteiger charge is -2.07. The van der Waals surface area contributed by atoms with Gasteiger partial charge in [0.05, 0.1) is 5.03 Å². The lowest BCUT2D eigenvalue weighted by Crippen LogP contribution is -1.92. The monoisotopic (exact) mass is 322 g/mol. The molecule has 0 spiro atoms. The number of nitrogens with two attached hydrogens (primary N) is 1. The highest BCUT2D eigenvalue weighted by atomic mass is 79.9. The fourth-order valence-corrected chi connectivity index (χ4v) is 3.35. The van der Waals surface area contributed by atoms with Gasteiger partial charge in [-0.25, -0.2) is 4.98 Å². The second-order valence-electron chi connectivity index (χ2n) is 4.23. The molecule has 0 amide bonds. The van der Waals surface area contributed by atoms with Crippen molar-refractivity contribution < 1.29 is 0 Å². The predicted octanol–water partition coefficient (Wildman–Crippen LogP) is 4.34. The number of hydrogen-bond donors (Lipinski definition) is 1. The van der Waals surface area contributed by atoms with Crippen molar-refractivity contribution in [2.75, 3.05) is 5.73 Å². The Bertz CT molecular complexity index is 549. The largest absolute Gasteiger partial charge is 0.398 e. The summed E-state index contributed by atoms with van der Waals surface area (Å²) in [6.45, 7) is 4.11. The Morgan fingerprint density at radius 2 is 2.06 bits per heavy atom. The molecule has 0 aliphatic carbocycles. The molecule has 2 aromatic rings. The number of pyridine rings is 1. The molecule has 94 valence electrons. The smallest absolute Gasteiger partial charge is 0.0968 e. The lowest BCUT2D eigenvalue weighted by atomic mass is 10.2. The van der Waals surface area contributed by atoms with E-state index in [1.165, 1.54) is 11.1 Å². The summed E-state index contributed by atoms with van der Waals surface area (Å²) < 4.78 is 0.988. The van der Waals surface area contributed by atoms with E-state index in [4.69, 9.17) is 5.73 Å². The third-order valence-electron chi connectivity index (χ3n) is 2.56. The maximum Gasteiger partial charge on any atom is 0.0968 e. The number of halogens is 1. The van der Waals surface area contributed by atoms with Gasteiger partial charge in [0, 0.05) is 21.6 Å². The molecule has 0 unspecified atom stereocenters. The van der Waals surface area contributed by atoms with Crippen LogP contribution in [0.4, 0.5) is 5.69 Å². The zero-order valence-corrected chi connectivity index (χ0v) is 12.8. The number of benzene rings is 1. The molecule has 1 aromatic heterocycles. The SMILES string of the molecule is Cc1cc(C)nc(SCc2cccc(N)c2Br)c1. The van der Waals surface area contributed by atoms with Crippen LogP contribution >= 0.6 is 27.7 Å². The summed E-state index contributed by atoms with van der Waals surface area (Å²) in [5.41, 5.74) is 10.1. The van der Waals surface area contributed by atoms with E-state index < -0.39 is 0 Å². The van der Waals surface area contributed by atoms with E-state index >= 15 is 0 Å². The van der Waals surface area contributed by atoms with Gasteiger partial charge >= 0.3 is 0 Å². The first-order valence-corrected chi connectivity index (χ1v) is 7.45. The quantitative estimate of drug-likeness (QED) is 0.675. The van der Waals surface area contributed by atoms with Crippen molar-refractivity contribution in [3.8, 4) is 0 Å². The Morgan fingerprint density at radius 3 is 2.78 bits per heavy atom.